The molecule has 1 aliphatic rings. The van der Waals surface area contributed by atoms with Gasteiger partial charge in [-0.3, -0.25) is 0 Å². The predicted octanol–water partition coefficient (Wildman–Crippen LogP) is 2.94. The van der Waals surface area contributed by atoms with Gasteiger partial charge >= 0.3 is 0 Å². The molecular formula is C11H18N2S2. The average molecular weight is 242 g/mol. The molecule has 0 spiro atoms. The molecule has 1 atom stereocenters. The fourth-order valence-corrected chi connectivity index (χ4v) is 3.69. The van der Waals surface area contributed by atoms with Crippen LogP contribution >= 0.6 is 23.1 Å². The van der Waals surface area contributed by atoms with Crippen LogP contribution < -0.4 is 5.32 Å². The van der Waals surface area contributed by atoms with Gasteiger partial charge in [0, 0.05) is 11.4 Å². The lowest BCUT2D eigenvalue weighted by atomic mass is 10.0. The van der Waals surface area contributed by atoms with Crippen LogP contribution in [-0.2, 0) is 0 Å². The van der Waals surface area contributed by atoms with Crippen molar-refractivity contribution in [2.45, 2.75) is 25.8 Å². The Labute approximate surface area is 99.9 Å². The van der Waals surface area contributed by atoms with Crippen LogP contribution in [0.3, 0.4) is 0 Å². The first-order valence-corrected chi connectivity index (χ1v) is 7.65. The standard InChI is InChI=1S/C11H18N2S2/c1-9(11-7-15-8-13-11)12-6-10-2-4-14-5-3-10/h7-10,12H,2-6H2,1H3. The number of nitrogens with one attached hydrogen (secondary N) is 1. The monoisotopic (exact) mass is 242 g/mol. The minimum absolute atomic E-state index is 0.408. The molecule has 1 aromatic heterocycles. The van der Waals surface area contributed by atoms with Crippen molar-refractivity contribution < 1.29 is 0 Å². The van der Waals surface area contributed by atoms with E-state index in [2.05, 4.69) is 34.4 Å². The van der Waals surface area contributed by atoms with Gasteiger partial charge in [-0.1, -0.05) is 0 Å². The average Bonchev–Trinajstić information content (AvgIpc) is 2.81. The molecule has 1 N–H and O–H groups in total. The van der Waals surface area contributed by atoms with Crippen LogP contribution in [0.5, 0.6) is 0 Å². The smallest absolute Gasteiger partial charge is 0.0795 e. The van der Waals surface area contributed by atoms with Gasteiger partial charge in [-0.15, -0.1) is 11.3 Å². The van der Waals surface area contributed by atoms with Crippen molar-refractivity contribution in [3.63, 3.8) is 0 Å². The highest BCUT2D eigenvalue weighted by Crippen LogP contribution is 2.22. The summed E-state index contributed by atoms with van der Waals surface area (Å²) in [6.45, 7) is 3.35. The molecule has 15 heavy (non-hydrogen) atoms. The first-order chi connectivity index (χ1) is 7.36. The maximum absolute atomic E-state index is 4.33. The fourth-order valence-electron chi connectivity index (χ4n) is 1.83. The molecule has 84 valence electrons. The molecule has 0 saturated carbocycles. The molecule has 1 aromatic rings. The third-order valence-electron chi connectivity index (χ3n) is 2.95. The Bertz CT molecular complexity index is 268. The highest BCUT2D eigenvalue weighted by Gasteiger charge is 2.15. The number of hydrogen-bond donors (Lipinski definition) is 1. The molecule has 2 nitrogen and oxygen atoms in total. The quantitative estimate of drug-likeness (QED) is 0.879. The summed E-state index contributed by atoms with van der Waals surface area (Å²) in [5.74, 6) is 3.57. The van der Waals surface area contributed by atoms with Crippen LogP contribution in [0, 0.1) is 5.92 Å². The molecule has 1 fully saturated rings. The second kappa shape index (κ2) is 5.87. The molecule has 0 amide bonds. The summed E-state index contributed by atoms with van der Waals surface area (Å²) in [6, 6.07) is 0.408. The van der Waals surface area contributed by atoms with E-state index in [1.807, 2.05) is 5.51 Å². The van der Waals surface area contributed by atoms with Gasteiger partial charge in [0.1, 0.15) is 0 Å². The van der Waals surface area contributed by atoms with Crippen molar-refractivity contribution in [1.82, 2.24) is 10.3 Å². The third-order valence-corrected chi connectivity index (χ3v) is 4.60. The number of nitrogens with zero attached hydrogens (tertiary/aromatic N) is 1. The summed E-state index contributed by atoms with van der Waals surface area (Å²) in [4.78, 5) is 4.33. The van der Waals surface area contributed by atoms with Crippen molar-refractivity contribution in [3.8, 4) is 0 Å². The third kappa shape index (κ3) is 3.47. The molecule has 0 aromatic carbocycles. The molecule has 1 saturated heterocycles. The SMILES string of the molecule is CC(NCC1CCSCC1)c1cscn1. The van der Waals surface area contributed by atoms with E-state index >= 15 is 0 Å². The normalized spacial score (nSPS) is 20.3. The van der Waals surface area contributed by atoms with Crippen molar-refractivity contribution in [2.24, 2.45) is 5.92 Å². The van der Waals surface area contributed by atoms with Gasteiger partial charge in [-0.25, -0.2) is 4.98 Å². The Morgan fingerprint density at radius 3 is 3.00 bits per heavy atom. The van der Waals surface area contributed by atoms with Crippen molar-refractivity contribution in [3.05, 3.63) is 16.6 Å². The van der Waals surface area contributed by atoms with Crippen LogP contribution in [-0.4, -0.2) is 23.0 Å². The first kappa shape index (κ1) is 11.4. The van der Waals surface area contributed by atoms with Crippen LogP contribution in [0.4, 0.5) is 0 Å². The number of aromatic nitrogens is 1. The predicted molar refractivity (Wildman–Crippen MR) is 68.6 cm³/mol. The highest BCUT2D eigenvalue weighted by atomic mass is 32.2. The largest absolute Gasteiger partial charge is 0.309 e. The second-order valence-corrected chi connectivity index (χ2v) is 6.04. The zero-order valence-corrected chi connectivity index (χ0v) is 10.7. The van der Waals surface area contributed by atoms with Gasteiger partial charge in [0.2, 0.25) is 0 Å². The minimum Gasteiger partial charge on any atom is -0.309 e. The van der Waals surface area contributed by atoms with Gasteiger partial charge in [-0.05, 0) is 43.7 Å². The van der Waals surface area contributed by atoms with Crippen LogP contribution in [0.1, 0.15) is 31.5 Å². The molecular weight excluding hydrogens is 224 g/mol. The number of hydrogen-bond acceptors (Lipinski definition) is 4. The van der Waals surface area contributed by atoms with E-state index in [0.29, 0.717) is 6.04 Å². The van der Waals surface area contributed by atoms with E-state index in [4.69, 9.17) is 0 Å². The van der Waals surface area contributed by atoms with Crippen LogP contribution in [0.2, 0.25) is 0 Å². The summed E-state index contributed by atoms with van der Waals surface area (Å²) in [7, 11) is 0. The van der Waals surface area contributed by atoms with E-state index in [1.54, 1.807) is 11.3 Å². The Kier molecular flexibility index (Phi) is 4.47. The topological polar surface area (TPSA) is 24.9 Å². The Hall–Kier alpha value is -0.0600. The zero-order chi connectivity index (χ0) is 10.5. The molecule has 1 aliphatic heterocycles. The van der Waals surface area contributed by atoms with Crippen molar-refractivity contribution in [2.75, 3.05) is 18.1 Å². The zero-order valence-electron chi connectivity index (χ0n) is 9.11. The molecule has 1 unspecified atom stereocenters. The fraction of sp³-hybridized carbons (Fsp3) is 0.727. The Morgan fingerprint density at radius 2 is 2.33 bits per heavy atom. The summed E-state index contributed by atoms with van der Waals surface area (Å²) in [5.41, 5.74) is 3.09. The Balaban J connectivity index is 1.73. The van der Waals surface area contributed by atoms with Gasteiger partial charge < -0.3 is 5.32 Å². The lowest BCUT2D eigenvalue weighted by Gasteiger charge is -2.23. The van der Waals surface area contributed by atoms with Gasteiger partial charge in [-0.2, -0.15) is 11.8 Å². The van der Waals surface area contributed by atoms with Gasteiger partial charge in [0.25, 0.3) is 0 Å². The second-order valence-electron chi connectivity index (χ2n) is 4.10. The van der Waals surface area contributed by atoms with Gasteiger partial charge in [0.05, 0.1) is 11.2 Å². The summed E-state index contributed by atoms with van der Waals surface area (Å²) in [5, 5.41) is 5.72. The van der Waals surface area contributed by atoms with Crippen LogP contribution in [0.25, 0.3) is 0 Å². The molecule has 0 radical (unpaired) electrons. The summed E-state index contributed by atoms with van der Waals surface area (Å²) in [6.07, 6.45) is 2.75. The van der Waals surface area contributed by atoms with E-state index in [9.17, 15) is 0 Å². The van der Waals surface area contributed by atoms with Crippen molar-refractivity contribution >= 4 is 23.1 Å². The van der Waals surface area contributed by atoms with Gasteiger partial charge in [0.15, 0.2) is 0 Å². The Morgan fingerprint density at radius 1 is 1.53 bits per heavy atom. The number of thiazole rings is 1. The van der Waals surface area contributed by atoms with E-state index < -0.39 is 0 Å². The summed E-state index contributed by atoms with van der Waals surface area (Å²) < 4.78 is 0. The lowest BCUT2D eigenvalue weighted by molar-refractivity contribution is 0.418. The van der Waals surface area contributed by atoms with Crippen molar-refractivity contribution in [1.29, 1.82) is 0 Å². The molecule has 0 bridgehead atoms. The van der Waals surface area contributed by atoms with Crippen LogP contribution in [0.15, 0.2) is 10.9 Å². The molecule has 0 aliphatic carbocycles. The molecule has 4 heteroatoms. The molecule has 2 heterocycles. The minimum atomic E-state index is 0.408. The van der Waals surface area contributed by atoms with E-state index in [0.717, 1.165) is 12.5 Å². The summed E-state index contributed by atoms with van der Waals surface area (Å²) >= 11 is 3.77. The maximum Gasteiger partial charge on any atom is 0.0795 e. The number of thioether (sulfide) groups is 1. The first-order valence-electron chi connectivity index (χ1n) is 5.55. The molecule has 2 rings (SSSR count). The van der Waals surface area contributed by atoms with E-state index in [1.165, 1.54) is 30.0 Å². The lowest BCUT2D eigenvalue weighted by Crippen LogP contribution is -2.28. The van der Waals surface area contributed by atoms with E-state index in [-0.39, 0.29) is 0 Å². The highest BCUT2D eigenvalue weighted by molar-refractivity contribution is 7.99. The number of rotatable bonds is 4. The maximum atomic E-state index is 4.33.